The van der Waals surface area contributed by atoms with Crippen molar-refractivity contribution in [2.75, 3.05) is 12.4 Å². The molecule has 0 atom stereocenters. The van der Waals surface area contributed by atoms with Gasteiger partial charge in [-0.1, -0.05) is 32.9 Å². The second-order valence-electron chi connectivity index (χ2n) is 5.37. The third-order valence-corrected chi connectivity index (χ3v) is 2.82. The highest BCUT2D eigenvalue weighted by Crippen LogP contribution is 2.28. The second kappa shape index (κ2) is 5.26. The van der Waals surface area contributed by atoms with Crippen LogP contribution < -0.4 is 10.1 Å². The molecule has 0 spiro atoms. The van der Waals surface area contributed by atoms with Crippen molar-refractivity contribution in [3.8, 4) is 11.6 Å². The molecule has 2 rings (SSSR count). The van der Waals surface area contributed by atoms with Gasteiger partial charge in [0.15, 0.2) is 0 Å². The van der Waals surface area contributed by atoms with Gasteiger partial charge >= 0.3 is 0 Å². The molecular weight excluding hydrogens is 238 g/mol. The molecule has 0 aliphatic rings. The van der Waals surface area contributed by atoms with Crippen LogP contribution in [-0.4, -0.2) is 17.0 Å². The SMILES string of the molecule is CNc1cc(Oc2cccc(C(C)(C)C)c2)ncn1. The summed E-state index contributed by atoms with van der Waals surface area (Å²) < 4.78 is 5.77. The quantitative estimate of drug-likeness (QED) is 0.912. The standard InChI is InChI=1S/C15H19N3O/c1-15(2,3)11-6-5-7-12(8-11)19-14-9-13(16-4)17-10-18-14/h5-10H,1-4H3,(H,16,17,18). The zero-order valence-corrected chi connectivity index (χ0v) is 11.8. The van der Waals surface area contributed by atoms with E-state index in [1.807, 2.05) is 25.2 Å². The Bertz CT molecular complexity index is 561. The first kappa shape index (κ1) is 13.3. The van der Waals surface area contributed by atoms with Crippen LogP contribution in [0.5, 0.6) is 11.6 Å². The molecule has 1 heterocycles. The van der Waals surface area contributed by atoms with E-state index in [1.54, 1.807) is 6.07 Å². The maximum atomic E-state index is 5.77. The Hall–Kier alpha value is -2.10. The summed E-state index contributed by atoms with van der Waals surface area (Å²) in [5.74, 6) is 2.05. The van der Waals surface area contributed by atoms with Crippen molar-refractivity contribution in [2.45, 2.75) is 26.2 Å². The van der Waals surface area contributed by atoms with Crippen LogP contribution in [0.25, 0.3) is 0 Å². The molecule has 4 nitrogen and oxygen atoms in total. The van der Waals surface area contributed by atoms with Gasteiger partial charge in [0.25, 0.3) is 0 Å². The number of ether oxygens (including phenoxy) is 1. The lowest BCUT2D eigenvalue weighted by molar-refractivity contribution is 0.458. The van der Waals surface area contributed by atoms with Crippen LogP contribution in [0, 0.1) is 0 Å². The van der Waals surface area contributed by atoms with Gasteiger partial charge in [0.1, 0.15) is 17.9 Å². The van der Waals surface area contributed by atoms with E-state index in [0.717, 1.165) is 11.6 Å². The molecule has 0 unspecified atom stereocenters. The van der Waals surface area contributed by atoms with Crippen LogP contribution in [0.1, 0.15) is 26.3 Å². The van der Waals surface area contributed by atoms with Gasteiger partial charge in [-0.25, -0.2) is 9.97 Å². The highest BCUT2D eigenvalue weighted by molar-refractivity contribution is 5.39. The summed E-state index contributed by atoms with van der Waals surface area (Å²) in [4.78, 5) is 8.16. The van der Waals surface area contributed by atoms with E-state index in [4.69, 9.17) is 4.74 Å². The van der Waals surface area contributed by atoms with Gasteiger partial charge in [0, 0.05) is 13.1 Å². The van der Waals surface area contributed by atoms with E-state index < -0.39 is 0 Å². The Morgan fingerprint density at radius 1 is 1.11 bits per heavy atom. The Balaban J connectivity index is 2.23. The number of benzene rings is 1. The summed E-state index contributed by atoms with van der Waals surface area (Å²) in [6.45, 7) is 6.53. The number of nitrogens with zero attached hydrogens (tertiary/aromatic N) is 2. The first-order chi connectivity index (χ1) is 8.99. The van der Waals surface area contributed by atoms with Crippen LogP contribution in [0.2, 0.25) is 0 Å². The molecule has 100 valence electrons. The van der Waals surface area contributed by atoms with Crippen LogP contribution in [0.3, 0.4) is 0 Å². The maximum Gasteiger partial charge on any atom is 0.224 e. The summed E-state index contributed by atoms with van der Waals surface area (Å²) in [6, 6.07) is 9.84. The van der Waals surface area contributed by atoms with E-state index >= 15 is 0 Å². The zero-order valence-electron chi connectivity index (χ0n) is 11.8. The van der Waals surface area contributed by atoms with Crippen LogP contribution in [0.4, 0.5) is 5.82 Å². The molecule has 19 heavy (non-hydrogen) atoms. The smallest absolute Gasteiger partial charge is 0.224 e. The minimum absolute atomic E-state index is 0.0984. The van der Waals surface area contributed by atoms with Gasteiger partial charge in [-0.05, 0) is 23.1 Å². The predicted molar refractivity (Wildman–Crippen MR) is 76.8 cm³/mol. The van der Waals surface area contributed by atoms with E-state index in [9.17, 15) is 0 Å². The predicted octanol–water partition coefficient (Wildman–Crippen LogP) is 3.61. The molecule has 1 aromatic carbocycles. The highest BCUT2D eigenvalue weighted by Gasteiger charge is 2.14. The Kier molecular flexibility index (Phi) is 3.69. The molecule has 0 aliphatic carbocycles. The average Bonchev–Trinajstić information content (AvgIpc) is 2.38. The first-order valence-electron chi connectivity index (χ1n) is 6.27. The van der Waals surface area contributed by atoms with E-state index in [0.29, 0.717) is 5.88 Å². The number of hydrogen-bond acceptors (Lipinski definition) is 4. The summed E-state index contributed by atoms with van der Waals surface area (Å²) in [5.41, 5.74) is 1.33. The van der Waals surface area contributed by atoms with Crippen molar-refractivity contribution >= 4 is 5.82 Å². The number of anilines is 1. The largest absolute Gasteiger partial charge is 0.439 e. The minimum atomic E-state index is 0.0984. The fourth-order valence-electron chi connectivity index (χ4n) is 1.68. The summed E-state index contributed by atoms with van der Waals surface area (Å²) >= 11 is 0. The molecule has 4 heteroatoms. The summed E-state index contributed by atoms with van der Waals surface area (Å²) in [7, 11) is 1.81. The fraction of sp³-hybridized carbons (Fsp3) is 0.333. The fourth-order valence-corrected chi connectivity index (χ4v) is 1.68. The first-order valence-corrected chi connectivity index (χ1v) is 6.27. The lowest BCUT2D eigenvalue weighted by atomic mass is 9.87. The van der Waals surface area contributed by atoms with Crippen molar-refractivity contribution < 1.29 is 4.74 Å². The number of aromatic nitrogens is 2. The van der Waals surface area contributed by atoms with Crippen LogP contribution in [-0.2, 0) is 5.41 Å². The van der Waals surface area contributed by atoms with E-state index in [2.05, 4.69) is 42.1 Å². The zero-order chi connectivity index (χ0) is 13.9. The molecule has 0 amide bonds. The lowest BCUT2D eigenvalue weighted by Crippen LogP contribution is -2.10. The van der Waals surface area contributed by atoms with E-state index in [-0.39, 0.29) is 5.41 Å². The molecule has 0 radical (unpaired) electrons. The molecule has 0 saturated carbocycles. The monoisotopic (exact) mass is 257 g/mol. The van der Waals surface area contributed by atoms with Crippen molar-refractivity contribution in [1.82, 2.24) is 9.97 Å². The number of rotatable bonds is 3. The number of nitrogens with one attached hydrogen (secondary N) is 1. The Labute approximate surface area is 113 Å². The number of hydrogen-bond donors (Lipinski definition) is 1. The second-order valence-corrected chi connectivity index (χ2v) is 5.37. The minimum Gasteiger partial charge on any atom is -0.439 e. The third-order valence-electron chi connectivity index (χ3n) is 2.82. The molecule has 0 bridgehead atoms. The average molecular weight is 257 g/mol. The normalized spacial score (nSPS) is 11.2. The van der Waals surface area contributed by atoms with Gasteiger partial charge < -0.3 is 10.1 Å². The van der Waals surface area contributed by atoms with Gasteiger partial charge in [0.2, 0.25) is 5.88 Å². The van der Waals surface area contributed by atoms with Crippen molar-refractivity contribution in [2.24, 2.45) is 0 Å². The Morgan fingerprint density at radius 2 is 1.89 bits per heavy atom. The molecule has 0 fully saturated rings. The van der Waals surface area contributed by atoms with Crippen LogP contribution >= 0.6 is 0 Å². The molecule has 1 aromatic heterocycles. The Morgan fingerprint density at radius 3 is 2.58 bits per heavy atom. The summed E-state index contributed by atoms with van der Waals surface area (Å²) in [5, 5.41) is 2.96. The molecule has 0 aliphatic heterocycles. The van der Waals surface area contributed by atoms with Gasteiger partial charge in [-0.3, -0.25) is 0 Å². The molecule has 1 N–H and O–H groups in total. The van der Waals surface area contributed by atoms with E-state index in [1.165, 1.54) is 11.9 Å². The topological polar surface area (TPSA) is 47.0 Å². The summed E-state index contributed by atoms with van der Waals surface area (Å²) in [6.07, 6.45) is 1.48. The van der Waals surface area contributed by atoms with Gasteiger partial charge in [0.05, 0.1) is 0 Å². The van der Waals surface area contributed by atoms with Gasteiger partial charge in [-0.15, -0.1) is 0 Å². The van der Waals surface area contributed by atoms with Crippen molar-refractivity contribution in [3.05, 3.63) is 42.2 Å². The van der Waals surface area contributed by atoms with Gasteiger partial charge in [-0.2, -0.15) is 0 Å². The highest BCUT2D eigenvalue weighted by atomic mass is 16.5. The maximum absolute atomic E-state index is 5.77. The molecular formula is C15H19N3O. The van der Waals surface area contributed by atoms with Crippen molar-refractivity contribution in [3.63, 3.8) is 0 Å². The molecule has 2 aromatic rings. The third kappa shape index (κ3) is 3.44. The molecule has 0 saturated heterocycles. The van der Waals surface area contributed by atoms with Crippen molar-refractivity contribution in [1.29, 1.82) is 0 Å². The lowest BCUT2D eigenvalue weighted by Gasteiger charge is -2.19. The van der Waals surface area contributed by atoms with Crippen LogP contribution in [0.15, 0.2) is 36.7 Å².